The molecule has 18 heavy (non-hydrogen) atoms. The van der Waals surface area contributed by atoms with E-state index in [1.807, 2.05) is 19.9 Å². The van der Waals surface area contributed by atoms with Crippen LogP contribution in [0, 0.1) is 10.5 Å². The number of anilines is 1. The van der Waals surface area contributed by atoms with Gasteiger partial charge in [-0.3, -0.25) is 4.98 Å². The Morgan fingerprint density at radius 2 is 2.11 bits per heavy atom. The SMILES string of the molecule is CCNc1nc(-c2cncc(Br)c2)nc(C)c1I. The topological polar surface area (TPSA) is 50.7 Å². The van der Waals surface area contributed by atoms with Crippen molar-refractivity contribution in [2.45, 2.75) is 13.8 Å². The fourth-order valence-corrected chi connectivity index (χ4v) is 2.30. The third kappa shape index (κ3) is 2.97. The molecule has 0 saturated carbocycles. The van der Waals surface area contributed by atoms with Gasteiger partial charge in [0.25, 0.3) is 0 Å². The third-order valence-electron chi connectivity index (χ3n) is 2.32. The zero-order valence-corrected chi connectivity index (χ0v) is 13.8. The van der Waals surface area contributed by atoms with E-state index >= 15 is 0 Å². The Balaban J connectivity index is 2.51. The van der Waals surface area contributed by atoms with Crippen LogP contribution in [0.5, 0.6) is 0 Å². The number of pyridine rings is 1. The van der Waals surface area contributed by atoms with Crippen LogP contribution in [0.1, 0.15) is 12.6 Å². The number of nitrogens with zero attached hydrogens (tertiary/aromatic N) is 3. The van der Waals surface area contributed by atoms with E-state index in [9.17, 15) is 0 Å². The summed E-state index contributed by atoms with van der Waals surface area (Å²) in [6.45, 7) is 4.87. The van der Waals surface area contributed by atoms with Crippen LogP contribution >= 0.6 is 38.5 Å². The highest BCUT2D eigenvalue weighted by molar-refractivity contribution is 14.1. The first kappa shape index (κ1) is 13.7. The summed E-state index contributed by atoms with van der Waals surface area (Å²) in [6, 6.07) is 1.96. The molecule has 0 aromatic carbocycles. The van der Waals surface area contributed by atoms with Gasteiger partial charge < -0.3 is 5.32 Å². The Morgan fingerprint density at radius 1 is 1.33 bits per heavy atom. The normalized spacial score (nSPS) is 10.4. The first-order valence-corrected chi connectivity index (χ1v) is 7.38. The molecule has 2 aromatic rings. The summed E-state index contributed by atoms with van der Waals surface area (Å²) in [7, 11) is 0. The van der Waals surface area contributed by atoms with Gasteiger partial charge in [-0.05, 0) is 58.4 Å². The molecule has 0 radical (unpaired) electrons. The molecule has 0 amide bonds. The summed E-state index contributed by atoms with van der Waals surface area (Å²) in [5, 5.41) is 3.25. The molecule has 0 aliphatic heterocycles. The number of rotatable bonds is 3. The van der Waals surface area contributed by atoms with E-state index in [4.69, 9.17) is 0 Å². The van der Waals surface area contributed by atoms with Crippen molar-refractivity contribution in [2.75, 3.05) is 11.9 Å². The summed E-state index contributed by atoms with van der Waals surface area (Å²) >= 11 is 5.67. The van der Waals surface area contributed by atoms with Crippen LogP contribution in [0.25, 0.3) is 11.4 Å². The molecular formula is C12H12BrIN4. The average molecular weight is 419 g/mol. The molecule has 0 aliphatic rings. The van der Waals surface area contributed by atoms with Crippen LogP contribution in [0.15, 0.2) is 22.9 Å². The van der Waals surface area contributed by atoms with E-state index in [0.29, 0.717) is 5.82 Å². The zero-order chi connectivity index (χ0) is 13.1. The average Bonchev–Trinajstić information content (AvgIpc) is 2.35. The highest BCUT2D eigenvalue weighted by Crippen LogP contribution is 2.24. The van der Waals surface area contributed by atoms with E-state index in [2.05, 4.69) is 58.8 Å². The highest BCUT2D eigenvalue weighted by Gasteiger charge is 2.10. The minimum absolute atomic E-state index is 0.692. The van der Waals surface area contributed by atoms with Crippen LogP contribution in [-0.4, -0.2) is 21.5 Å². The van der Waals surface area contributed by atoms with E-state index < -0.39 is 0 Å². The van der Waals surface area contributed by atoms with E-state index in [1.165, 1.54) is 0 Å². The maximum Gasteiger partial charge on any atom is 0.163 e. The van der Waals surface area contributed by atoms with Gasteiger partial charge in [0.15, 0.2) is 5.82 Å². The van der Waals surface area contributed by atoms with Gasteiger partial charge in [-0.15, -0.1) is 0 Å². The lowest BCUT2D eigenvalue weighted by molar-refractivity contribution is 1.06. The standard InChI is InChI=1S/C12H12BrIN4/c1-3-16-12-10(14)7(2)17-11(18-12)8-4-9(13)6-15-5-8/h4-6H,3H2,1-2H3,(H,16,17,18). The number of nitrogens with one attached hydrogen (secondary N) is 1. The summed E-state index contributed by atoms with van der Waals surface area (Å²) < 4.78 is 1.98. The highest BCUT2D eigenvalue weighted by atomic mass is 127. The van der Waals surface area contributed by atoms with Crippen molar-refractivity contribution >= 4 is 44.3 Å². The first-order valence-electron chi connectivity index (χ1n) is 5.50. The zero-order valence-electron chi connectivity index (χ0n) is 10.0. The van der Waals surface area contributed by atoms with Gasteiger partial charge in [-0.1, -0.05) is 0 Å². The van der Waals surface area contributed by atoms with Gasteiger partial charge in [0.1, 0.15) is 5.82 Å². The van der Waals surface area contributed by atoms with Gasteiger partial charge in [0.2, 0.25) is 0 Å². The number of aromatic nitrogens is 3. The Hall–Kier alpha value is -0.760. The lowest BCUT2D eigenvalue weighted by Gasteiger charge is -2.10. The maximum absolute atomic E-state index is 4.54. The van der Waals surface area contributed by atoms with E-state index in [1.54, 1.807) is 12.4 Å². The summed E-state index contributed by atoms with van der Waals surface area (Å²) in [5.41, 5.74) is 1.87. The number of hydrogen-bond donors (Lipinski definition) is 1. The lowest BCUT2D eigenvalue weighted by Crippen LogP contribution is -2.06. The smallest absolute Gasteiger partial charge is 0.163 e. The molecule has 94 valence electrons. The van der Waals surface area contributed by atoms with Crippen molar-refractivity contribution in [3.05, 3.63) is 32.2 Å². The molecule has 0 atom stereocenters. The molecule has 4 nitrogen and oxygen atoms in total. The summed E-state index contributed by atoms with van der Waals surface area (Å²) in [4.78, 5) is 13.2. The van der Waals surface area contributed by atoms with Crippen molar-refractivity contribution in [3.8, 4) is 11.4 Å². The molecule has 1 N–H and O–H groups in total. The minimum Gasteiger partial charge on any atom is -0.369 e. The van der Waals surface area contributed by atoms with E-state index in [-0.39, 0.29) is 0 Å². The minimum atomic E-state index is 0.692. The second-order valence-corrected chi connectivity index (χ2v) is 5.71. The van der Waals surface area contributed by atoms with Gasteiger partial charge in [-0.25, -0.2) is 9.97 Å². The molecule has 2 aromatic heterocycles. The monoisotopic (exact) mass is 418 g/mol. The number of hydrogen-bond acceptors (Lipinski definition) is 4. The van der Waals surface area contributed by atoms with Crippen molar-refractivity contribution in [1.29, 1.82) is 0 Å². The number of halogens is 2. The van der Waals surface area contributed by atoms with Gasteiger partial charge in [0.05, 0.1) is 9.26 Å². The second-order valence-electron chi connectivity index (χ2n) is 3.72. The lowest BCUT2D eigenvalue weighted by atomic mass is 10.2. The van der Waals surface area contributed by atoms with Gasteiger partial charge in [-0.2, -0.15) is 0 Å². The fraction of sp³-hybridized carbons (Fsp3) is 0.250. The Labute approximate surface area is 128 Å². The van der Waals surface area contributed by atoms with Crippen molar-refractivity contribution in [2.24, 2.45) is 0 Å². The number of aryl methyl sites for hydroxylation is 1. The predicted molar refractivity (Wildman–Crippen MR) is 84.6 cm³/mol. The largest absolute Gasteiger partial charge is 0.369 e. The van der Waals surface area contributed by atoms with Crippen LogP contribution in [0.3, 0.4) is 0 Å². The molecule has 2 heterocycles. The van der Waals surface area contributed by atoms with Gasteiger partial charge in [0, 0.05) is 29.0 Å². The fourth-order valence-electron chi connectivity index (χ4n) is 1.51. The summed E-state index contributed by atoms with van der Waals surface area (Å²) in [6.07, 6.45) is 3.51. The molecule has 6 heteroatoms. The first-order chi connectivity index (χ1) is 8.61. The quantitative estimate of drug-likeness (QED) is 0.773. The van der Waals surface area contributed by atoms with E-state index in [0.717, 1.165) is 31.7 Å². The molecule has 0 saturated heterocycles. The maximum atomic E-state index is 4.54. The van der Waals surface area contributed by atoms with Crippen molar-refractivity contribution < 1.29 is 0 Å². The summed E-state index contributed by atoms with van der Waals surface area (Å²) in [5.74, 6) is 1.57. The van der Waals surface area contributed by atoms with Gasteiger partial charge >= 0.3 is 0 Å². The molecule has 0 fully saturated rings. The Kier molecular flexibility index (Phi) is 4.50. The Bertz CT molecular complexity index is 574. The van der Waals surface area contributed by atoms with Crippen LogP contribution in [0.4, 0.5) is 5.82 Å². The van der Waals surface area contributed by atoms with Crippen LogP contribution < -0.4 is 5.32 Å². The third-order valence-corrected chi connectivity index (χ3v) is 4.05. The molecular weight excluding hydrogens is 407 g/mol. The van der Waals surface area contributed by atoms with Crippen LogP contribution in [0.2, 0.25) is 0 Å². The Morgan fingerprint density at radius 3 is 2.78 bits per heavy atom. The molecule has 0 spiro atoms. The molecule has 0 unspecified atom stereocenters. The van der Waals surface area contributed by atoms with Crippen molar-refractivity contribution in [3.63, 3.8) is 0 Å². The molecule has 0 bridgehead atoms. The van der Waals surface area contributed by atoms with Crippen molar-refractivity contribution in [1.82, 2.24) is 15.0 Å². The predicted octanol–water partition coefficient (Wildman–Crippen LogP) is 3.65. The second kappa shape index (κ2) is 5.92. The van der Waals surface area contributed by atoms with Crippen LogP contribution in [-0.2, 0) is 0 Å². The molecule has 0 aliphatic carbocycles. The molecule has 2 rings (SSSR count).